The van der Waals surface area contributed by atoms with Crippen LogP contribution in [0.3, 0.4) is 0 Å². The van der Waals surface area contributed by atoms with E-state index < -0.39 is 17.9 Å². The van der Waals surface area contributed by atoms with Gasteiger partial charge in [0.2, 0.25) is 0 Å². The fourth-order valence-electron chi connectivity index (χ4n) is 7.13. The lowest BCUT2D eigenvalue weighted by atomic mass is 9.92. The van der Waals surface area contributed by atoms with E-state index in [-0.39, 0.29) is 64.1 Å². The molecular formula is C50H52N4O7. The Morgan fingerprint density at radius 2 is 0.967 bits per heavy atom. The fourth-order valence-corrected chi connectivity index (χ4v) is 7.13. The molecule has 0 saturated carbocycles. The molecule has 0 amide bonds. The van der Waals surface area contributed by atoms with Gasteiger partial charge in [0.05, 0.1) is 58.7 Å². The molecule has 0 saturated heterocycles. The Kier molecular flexibility index (Phi) is 11.4. The number of phenols is 1. The number of fused-ring (bicyclic) bond motifs is 8. The normalized spacial score (nSPS) is 12.7. The molecule has 7 rings (SSSR count). The molecule has 2 aliphatic heterocycles. The molecule has 8 bridgehead atoms. The van der Waals surface area contributed by atoms with Crippen molar-refractivity contribution in [3.05, 3.63) is 95.6 Å². The maximum atomic E-state index is 13.6. The number of ether oxygens (including phenoxy) is 3. The highest BCUT2D eigenvalue weighted by molar-refractivity contribution is 6.05. The van der Waals surface area contributed by atoms with Crippen molar-refractivity contribution in [1.29, 1.82) is 0 Å². The first-order valence-corrected chi connectivity index (χ1v) is 20.4. The molecule has 61 heavy (non-hydrogen) atoms. The Morgan fingerprint density at radius 1 is 0.525 bits per heavy atom. The highest BCUT2D eigenvalue weighted by Crippen LogP contribution is 2.48. The van der Waals surface area contributed by atoms with E-state index in [0.717, 1.165) is 16.7 Å². The molecule has 11 nitrogen and oxygen atoms in total. The number of H-pyrrole nitrogens is 2. The van der Waals surface area contributed by atoms with Gasteiger partial charge in [-0.15, -0.1) is 0 Å². The van der Waals surface area contributed by atoms with Crippen molar-refractivity contribution < 1.29 is 33.7 Å². The molecule has 2 aliphatic rings. The highest BCUT2D eigenvalue weighted by Gasteiger charge is 2.29. The van der Waals surface area contributed by atoms with Crippen LogP contribution in [0.15, 0.2) is 72.8 Å². The number of esters is 3. The third-order valence-corrected chi connectivity index (χ3v) is 9.54. The van der Waals surface area contributed by atoms with Crippen LogP contribution in [0.5, 0.6) is 23.0 Å². The SMILES string of the molecule is CC(C)(C)CC(=O)Oc1cccc(O)c1-c1c2nc(cc3ccc(cc4nc(cc5cc(-c6c(OC(=O)CC(C)(C)C)cccc6OC(=O)CC(C)(C)C)c1[nH]5)C=C4)[nH]3)C=C2. The number of phenolic OH excluding ortho intramolecular Hbond substituents is 1. The third-order valence-electron chi connectivity index (χ3n) is 9.54. The van der Waals surface area contributed by atoms with Gasteiger partial charge in [-0.3, -0.25) is 14.4 Å². The van der Waals surface area contributed by atoms with Crippen LogP contribution in [-0.4, -0.2) is 43.0 Å². The number of aromatic hydroxyl groups is 1. The molecule has 3 aromatic heterocycles. The van der Waals surface area contributed by atoms with Crippen molar-refractivity contribution >= 4 is 64.3 Å². The first-order valence-electron chi connectivity index (χ1n) is 20.4. The van der Waals surface area contributed by atoms with Gasteiger partial charge in [0.15, 0.2) is 0 Å². The zero-order valence-electron chi connectivity index (χ0n) is 36.2. The Morgan fingerprint density at radius 3 is 1.48 bits per heavy atom. The Balaban J connectivity index is 1.62. The Labute approximate surface area is 355 Å². The molecule has 0 atom stereocenters. The second-order valence-electron chi connectivity index (χ2n) is 19.2. The molecule has 0 radical (unpaired) electrons. The van der Waals surface area contributed by atoms with Crippen molar-refractivity contribution in [2.45, 2.75) is 81.6 Å². The van der Waals surface area contributed by atoms with E-state index in [2.05, 4.69) is 9.97 Å². The number of nitrogens with one attached hydrogen (secondary N) is 2. The number of aromatic nitrogens is 4. The number of carbonyl (C=O) groups is 3. The quantitative estimate of drug-likeness (QED) is 0.100. The highest BCUT2D eigenvalue weighted by atomic mass is 16.5. The average Bonchev–Trinajstić information content (AvgIpc) is 3.93. The number of carbonyl (C=O) groups excluding carboxylic acids is 3. The molecule has 2 aromatic carbocycles. The van der Waals surface area contributed by atoms with Crippen LogP contribution in [0.2, 0.25) is 0 Å². The van der Waals surface area contributed by atoms with Crippen LogP contribution in [-0.2, 0) is 14.4 Å². The summed E-state index contributed by atoms with van der Waals surface area (Å²) in [6.07, 6.45) is 7.81. The van der Waals surface area contributed by atoms with E-state index in [0.29, 0.717) is 44.8 Å². The first kappa shape index (κ1) is 42.4. The van der Waals surface area contributed by atoms with Crippen molar-refractivity contribution in [2.24, 2.45) is 16.2 Å². The molecular weight excluding hydrogens is 769 g/mol. The molecule has 0 unspecified atom stereocenters. The monoisotopic (exact) mass is 820 g/mol. The van der Waals surface area contributed by atoms with Gasteiger partial charge in [0.1, 0.15) is 23.0 Å². The van der Waals surface area contributed by atoms with Gasteiger partial charge in [-0.25, -0.2) is 9.97 Å². The number of aromatic amines is 2. The van der Waals surface area contributed by atoms with Crippen molar-refractivity contribution in [3.63, 3.8) is 0 Å². The van der Waals surface area contributed by atoms with Gasteiger partial charge >= 0.3 is 17.9 Å². The van der Waals surface area contributed by atoms with Gasteiger partial charge in [-0.1, -0.05) is 74.4 Å². The van der Waals surface area contributed by atoms with Crippen LogP contribution < -0.4 is 14.2 Å². The molecule has 0 spiro atoms. The summed E-state index contributed by atoms with van der Waals surface area (Å²) in [6.45, 7) is 17.5. The standard InChI is InChI=1S/C50H52N4O7/c1-48(2,3)26-41(56)59-38-14-11-15-39(60-42(57)27-49(4,5)6)44(38)35-25-34-24-32-19-18-30(52-32)22-29-16-17-31(51-29)23-33-20-21-36(53-33)45(47(35)54-34)46-37(55)12-10-13-40(46)61-43(58)28-50(7,8)9/h10-25,51,54-55H,26-28H2,1-9H3. The summed E-state index contributed by atoms with van der Waals surface area (Å²) in [5.41, 5.74) is 5.18. The van der Waals surface area contributed by atoms with E-state index in [4.69, 9.17) is 24.2 Å². The van der Waals surface area contributed by atoms with Crippen molar-refractivity contribution in [3.8, 4) is 45.3 Å². The molecule has 314 valence electrons. The van der Waals surface area contributed by atoms with E-state index in [1.807, 2.05) is 123 Å². The van der Waals surface area contributed by atoms with Gasteiger partial charge in [-0.05, 0) is 101 Å². The molecule has 0 fully saturated rings. The minimum Gasteiger partial charge on any atom is -0.507 e. The number of hydrogen-bond acceptors (Lipinski definition) is 9. The number of nitrogens with zero attached hydrogens (tertiary/aromatic N) is 2. The second-order valence-corrected chi connectivity index (χ2v) is 19.2. The zero-order valence-corrected chi connectivity index (χ0v) is 36.2. The maximum absolute atomic E-state index is 13.6. The van der Waals surface area contributed by atoms with E-state index >= 15 is 0 Å². The van der Waals surface area contributed by atoms with Gasteiger partial charge in [0.25, 0.3) is 0 Å². The summed E-state index contributed by atoms with van der Waals surface area (Å²) >= 11 is 0. The van der Waals surface area contributed by atoms with Crippen LogP contribution in [0.1, 0.15) is 104 Å². The number of benzene rings is 2. The second kappa shape index (κ2) is 16.4. The predicted octanol–water partition coefficient (Wildman–Crippen LogP) is 11.7. The van der Waals surface area contributed by atoms with Crippen LogP contribution >= 0.6 is 0 Å². The Bertz CT molecular complexity index is 2740. The summed E-state index contributed by atoms with van der Waals surface area (Å²) in [5.74, 6) is -1.22. The van der Waals surface area contributed by atoms with E-state index in [1.54, 1.807) is 30.3 Å². The number of hydrogen-bond donors (Lipinski definition) is 3. The van der Waals surface area contributed by atoms with Gasteiger partial charge in [0, 0.05) is 27.7 Å². The molecule has 3 N–H and O–H groups in total. The lowest BCUT2D eigenvalue weighted by molar-refractivity contribution is -0.137. The summed E-state index contributed by atoms with van der Waals surface area (Å²) in [5, 5.41) is 11.9. The predicted molar refractivity (Wildman–Crippen MR) is 241 cm³/mol. The smallest absolute Gasteiger partial charge is 0.311 e. The molecule has 5 aromatic rings. The molecule has 5 heterocycles. The van der Waals surface area contributed by atoms with Crippen molar-refractivity contribution in [2.75, 3.05) is 0 Å². The zero-order chi connectivity index (χ0) is 43.9. The van der Waals surface area contributed by atoms with Gasteiger partial charge < -0.3 is 29.3 Å². The summed E-state index contributed by atoms with van der Waals surface area (Å²) in [6, 6.07) is 21.2. The van der Waals surface area contributed by atoms with E-state index in [9.17, 15) is 19.5 Å². The summed E-state index contributed by atoms with van der Waals surface area (Å²) in [7, 11) is 0. The topological polar surface area (TPSA) is 156 Å². The van der Waals surface area contributed by atoms with Gasteiger partial charge in [-0.2, -0.15) is 0 Å². The third kappa shape index (κ3) is 10.5. The fraction of sp³-hybridized carbons (Fsp3) is 0.300. The summed E-state index contributed by atoms with van der Waals surface area (Å²) in [4.78, 5) is 57.6. The minimum absolute atomic E-state index is 0.104. The van der Waals surface area contributed by atoms with Crippen LogP contribution in [0.4, 0.5) is 0 Å². The minimum atomic E-state index is -0.486. The Hall–Kier alpha value is -6.75. The maximum Gasteiger partial charge on any atom is 0.311 e. The molecule has 11 heteroatoms. The van der Waals surface area contributed by atoms with Crippen LogP contribution in [0, 0.1) is 16.2 Å². The average molecular weight is 821 g/mol. The lowest BCUT2D eigenvalue weighted by Crippen LogP contribution is -2.19. The molecule has 0 aliphatic carbocycles. The summed E-state index contributed by atoms with van der Waals surface area (Å²) < 4.78 is 18.4. The van der Waals surface area contributed by atoms with E-state index in [1.165, 1.54) is 6.07 Å². The van der Waals surface area contributed by atoms with Crippen LogP contribution in [0.25, 0.3) is 68.6 Å². The first-order chi connectivity index (χ1) is 28.7. The van der Waals surface area contributed by atoms with Crippen molar-refractivity contribution in [1.82, 2.24) is 19.9 Å². The lowest BCUT2D eigenvalue weighted by Gasteiger charge is -2.20. The largest absolute Gasteiger partial charge is 0.507 e. The number of rotatable bonds is 8.